The lowest BCUT2D eigenvalue weighted by atomic mass is 10.3. The van der Waals surface area contributed by atoms with Crippen molar-refractivity contribution >= 4 is 27.3 Å². The molecule has 0 aliphatic carbocycles. The molecule has 0 amide bonds. The average molecular weight is 379 g/mol. The van der Waals surface area contributed by atoms with Crippen LogP contribution >= 0.6 is 11.6 Å². The first-order valence-electron chi connectivity index (χ1n) is 7.12. The van der Waals surface area contributed by atoms with E-state index < -0.39 is 10.0 Å². The van der Waals surface area contributed by atoms with Gasteiger partial charge in [0.1, 0.15) is 5.15 Å². The highest BCUT2D eigenvalue weighted by molar-refractivity contribution is 7.92. The van der Waals surface area contributed by atoms with Crippen LogP contribution in [0.3, 0.4) is 0 Å². The highest BCUT2D eigenvalue weighted by Gasteiger charge is 2.22. The zero-order valence-electron chi connectivity index (χ0n) is 12.6. The van der Waals surface area contributed by atoms with Gasteiger partial charge in [-0.15, -0.1) is 0 Å². The van der Waals surface area contributed by atoms with E-state index in [0.29, 0.717) is 17.2 Å². The second-order valence-corrected chi connectivity index (χ2v) is 7.09. The first-order chi connectivity index (χ1) is 12.0. The number of hydrogen-bond donors (Lipinski definition) is 1. The monoisotopic (exact) mass is 378 g/mol. The highest BCUT2D eigenvalue weighted by atomic mass is 35.5. The van der Waals surface area contributed by atoms with Gasteiger partial charge in [-0.1, -0.05) is 11.6 Å². The van der Waals surface area contributed by atoms with Gasteiger partial charge in [0.05, 0.1) is 5.69 Å². The Hall–Kier alpha value is -2.78. The molecule has 0 atom stereocenters. The largest absolute Gasteiger partial charge is 0.454 e. The third kappa shape index (κ3) is 2.99. The van der Waals surface area contributed by atoms with Crippen molar-refractivity contribution in [3.05, 3.63) is 53.9 Å². The quantitative estimate of drug-likeness (QED) is 0.700. The Morgan fingerprint density at radius 3 is 2.84 bits per heavy atom. The fourth-order valence-electron chi connectivity index (χ4n) is 2.36. The van der Waals surface area contributed by atoms with Gasteiger partial charge < -0.3 is 9.47 Å². The molecule has 128 valence electrons. The number of rotatable bonds is 4. The topological polar surface area (TPSA) is 95.3 Å². The van der Waals surface area contributed by atoms with Gasteiger partial charge in [0.25, 0.3) is 10.0 Å². The van der Waals surface area contributed by atoms with Crippen LogP contribution in [0.2, 0.25) is 5.15 Å². The molecule has 1 aromatic carbocycles. The first kappa shape index (κ1) is 15.7. The number of fused-ring (bicyclic) bond motifs is 1. The number of aromatic nitrogens is 3. The predicted molar refractivity (Wildman–Crippen MR) is 89.7 cm³/mol. The molecule has 0 bridgehead atoms. The zero-order chi connectivity index (χ0) is 17.4. The molecule has 0 saturated heterocycles. The van der Waals surface area contributed by atoms with Crippen molar-refractivity contribution in [3.8, 4) is 17.4 Å². The summed E-state index contributed by atoms with van der Waals surface area (Å²) in [5.41, 5.74) is 0.351. The lowest BCUT2D eigenvalue weighted by Gasteiger charge is -2.11. The van der Waals surface area contributed by atoms with Gasteiger partial charge in [0.2, 0.25) is 12.7 Å². The Labute approximate surface area is 148 Å². The van der Waals surface area contributed by atoms with Crippen molar-refractivity contribution in [1.82, 2.24) is 14.5 Å². The summed E-state index contributed by atoms with van der Waals surface area (Å²) in [7, 11) is -3.89. The van der Waals surface area contributed by atoms with Crippen molar-refractivity contribution in [3.63, 3.8) is 0 Å². The molecule has 0 saturated carbocycles. The van der Waals surface area contributed by atoms with Crippen LogP contribution in [0.25, 0.3) is 5.95 Å². The minimum atomic E-state index is -3.89. The molecular formula is C15H11ClN4O4S. The van der Waals surface area contributed by atoms with Crippen LogP contribution in [0.1, 0.15) is 0 Å². The lowest BCUT2D eigenvalue weighted by Crippen LogP contribution is -2.17. The predicted octanol–water partition coefficient (Wildman–Crippen LogP) is 2.45. The summed E-state index contributed by atoms with van der Waals surface area (Å²) < 4.78 is 39.8. The molecule has 0 unspecified atom stereocenters. The lowest BCUT2D eigenvalue weighted by molar-refractivity contribution is 0.174. The maximum atomic E-state index is 12.7. The van der Waals surface area contributed by atoms with E-state index in [2.05, 4.69) is 14.7 Å². The first-order valence-corrected chi connectivity index (χ1v) is 8.98. The zero-order valence-corrected chi connectivity index (χ0v) is 14.2. The summed E-state index contributed by atoms with van der Waals surface area (Å²) in [6, 6.07) is 9.32. The second-order valence-electron chi connectivity index (χ2n) is 5.07. The van der Waals surface area contributed by atoms with Gasteiger partial charge in [-0.05, 0) is 30.3 Å². The van der Waals surface area contributed by atoms with Crippen molar-refractivity contribution in [2.24, 2.45) is 0 Å². The Kier molecular flexibility index (Phi) is 3.74. The molecule has 3 aromatic rings. The fraction of sp³-hybridized carbons (Fsp3) is 0.0667. The van der Waals surface area contributed by atoms with Gasteiger partial charge in [-0.3, -0.25) is 9.29 Å². The molecule has 8 nitrogen and oxygen atoms in total. The normalized spacial score (nSPS) is 13.0. The molecule has 4 rings (SSSR count). The van der Waals surface area contributed by atoms with Crippen LogP contribution in [0.5, 0.6) is 11.5 Å². The van der Waals surface area contributed by atoms with E-state index in [9.17, 15) is 8.42 Å². The van der Waals surface area contributed by atoms with Crippen LogP contribution in [0.4, 0.5) is 5.69 Å². The third-order valence-electron chi connectivity index (χ3n) is 3.44. The summed E-state index contributed by atoms with van der Waals surface area (Å²) in [5.74, 6) is 1.20. The Balaban J connectivity index is 1.69. The maximum Gasteiger partial charge on any atom is 0.278 e. The molecule has 0 radical (unpaired) electrons. The van der Waals surface area contributed by atoms with Crippen LogP contribution in [0.15, 0.2) is 53.8 Å². The third-order valence-corrected chi connectivity index (χ3v) is 5.03. The number of nitrogens with one attached hydrogen (secondary N) is 1. The van der Waals surface area contributed by atoms with Crippen LogP contribution in [-0.4, -0.2) is 29.7 Å². The van der Waals surface area contributed by atoms with Gasteiger partial charge >= 0.3 is 0 Å². The number of benzene rings is 1. The smallest absolute Gasteiger partial charge is 0.278 e. The Morgan fingerprint density at radius 2 is 2.00 bits per heavy atom. The van der Waals surface area contributed by atoms with E-state index in [0.717, 1.165) is 0 Å². The SMILES string of the molecule is O=S(=O)(Nc1ccc2c(c1)OCO2)c1cccn1-c1nccc(Cl)n1. The summed E-state index contributed by atoms with van der Waals surface area (Å²) >= 11 is 5.86. The number of anilines is 1. The molecule has 1 aliphatic rings. The molecule has 0 spiro atoms. The van der Waals surface area contributed by atoms with E-state index in [1.165, 1.54) is 22.9 Å². The summed E-state index contributed by atoms with van der Waals surface area (Å²) in [6.07, 6.45) is 2.99. The molecule has 1 aliphatic heterocycles. The molecule has 10 heteroatoms. The van der Waals surface area contributed by atoms with Gasteiger partial charge in [-0.25, -0.2) is 9.97 Å². The Morgan fingerprint density at radius 1 is 1.16 bits per heavy atom. The second kappa shape index (κ2) is 5.94. The molecular weight excluding hydrogens is 368 g/mol. The van der Waals surface area contributed by atoms with E-state index in [1.54, 1.807) is 30.5 Å². The summed E-state index contributed by atoms with van der Waals surface area (Å²) in [4.78, 5) is 8.08. The fourth-order valence-corrected chi connectivity index (χ4v) is 3.69. The van der Waals surface area contributed by atoms with Crippen molar-refractivity contribution in [2.75, 3.05) is 11.5 Å². The molecule has 25 heavy (non-hydrogen) atoms. The van der Waals surface area contributed by atoms with Gasteiger partial charge in [-0.2, -0.15) is 8.42 Å². The van der Waals surface area contributed by atoms with E-state index in [-0.39, 0.29) is 22.9 Å². The van der Waals surface area contributed by atoms with Crippen LogP contribution < -0.4 is 14.2 Å². The number of nitrogens with zero attached hydrogens (tertiary/aromatic N) is 3. The molecule has 1 N–H and O–H groups in total. The highest BCUT2D eigenvalue weighted by Crippen LogP contribution is 2.34. The summed E-state index contributed by atoms with van der Waals surface area (Å²) in [5, 5.41) is 0.193. The minimum absolute atomic E-state index is 0.0209. The van der Waals surface area contributed by atoms with E-state index >= 15 is 0 Å². The number of sulfonamides is 1. The standard InChI is InChI=1S/C15H11ClN4O4S/c16-13-5-6-17-15(18-13)20-7-1-2-14(20)25(21,22)19-10-3-4-11-12(8-10)24-9-23-11/h1-8,19H,9H2. The van der Waals surface area contributed by atoms with Crippen molar-refractivity contribution in [1.29, 1.82) is 0 Å². The van der Waals surface area contributed by atoms with Gasteiger partial charge in [0.15, 0.2) is 16.5 Å². The van der Waals surface area contributed by atoms with E-state index in [1.807, 2.05) is 0 Å². The molecule has 2 aromatic heterocycles. The van der Waals surface area contributed by atoms with Crippen LogP contribution in [0, 0.1) is 0 Å². The number of hydrogen-bond acceptors (Lipinski definition) is 6. The average Bonchev–Trinajstić information content (AvgIpc) is 3.23. The maximum absolute atomic E-state index is 12.7. The molecule has 0 fully saturated rings. The van der Waals surface area contributed by atoms with Gasteiger partial charge in [0, 0.05) is 18.5 Å². The minimum Gasteiger partial charge on any atom is -0.454 e. The van der Waals surface area contributed by atoms with Crippen molar-refractivity contribution in [2.45, 2.75) is 5.03 Å². The number of ether oxygens (including phenoxy) is 2. The van der Waals surface area contributed by atoms with Crippen LogP contribution in [-0.2, 0) is 10.0 Å². The van der Waals surface area contributed by atoms with Crippen molar-refractivity contribution < 1.29 is 17.9 Å². The number of halogens is 1. The Bertz CT molecular complexity index is 1050. The van der Waals surface area contributed by atoms with E-state index in [4.69, 9.17) is 21.1 Å². The summed E-state index contributed by atoms with van der Waals surface area (Å²) in [6.45, 7) is 0.112. The molecule has 3 heterocycles.